The van der Waals surface area contributed by atoms with Crippen LogP contribution in [0.2, 0.25) is 0 Å². The molecule has 4 N–H and O–H groups in total. The summed E-state index contributed by atoms with van der Waals surface area (Å²) >= 11 is 0. The predicted octanol–water partition coefficient (Wildman–Crippen LogP) is 2.38. The highest BCUT2D eigenvalue weighted by Crippen LogP contribution is 2.47. The zero-order valence-corrected chi connectivity index (χ0v) is 16.2. The van der Waals surface area contributed by atoms with Gasteiger partial charge in [-0.25, -0.2) is 0 Å². The normalized spacial score (nSPS) is 21.8. The molecule has 1 amide bonds. The van der Waals surface area contributed by atoms with E-state index in [2.05, 4.69) is 5.32 Å². The van der Waals surface area contributed by atoms with Gasteiger partial charge in [0.25, 0.3) is 0 Å². The van der Waals surface area contributed by atoms with E-state index in [4.69, 9.17) is 14.9 Å². The van der Waals surface area contributed by atoms with Gasteiger partial charge in [0.1, 0.15) is 11.3 Å². The summed E-state index contributed by atoms with van der Waals surface area (Å²) in [6, 6.07) is 8.99. The highest BCUT2D eigenvalue weighted by atomic mass is 16.5. The molecule has 4 rings (SSSR count). The minimum atomic E-state index is -0.682. The quantitative estimate of drug-likeness (QED) is 0.679. The molecule has 0 bridgehead atoms. The van der Waals surface area contributed by atoms with Crippen molar-refractivity contribution in [3.63, 3.8) is 0 Å². The number of para-hydroxylation sites is 1. The van der Waals surface area contributed by atoms with Crippen LogP contribution in [-0.2, 0) is 16.0 Å². The second-order valence-electron chi connectivity index (χ2n) is 8.37. The molecule has 28 heavy (non-hydrogen) atoms. The number of hydrogen-bond donors (Lipinski definition) is 3. The van der Waals surface area contributed by atoms with Crippen LogP contribution in [0.3, 0.4) is 0 Å². The van der Waals surface area contributed by atoms with Gasteiger partial charge in [0.05, 0.1) is 12.6 Å². The minimum Gasteiger partial charge on any atom is -0.461 e. The summed E-state index contributed by atoms with van der Waals surface area (Å²) in [7, 11) is 0. The largest absolute Gasteiger partial charge is 0.461 e. The van der Waals surface area contributed by atoms with E-state index in [-0.39, 0.29) is 24.0 Å². The number of aliphatic hydroxyl groups excluding tert-OH is 1. The summed E-state index contributed by atoms with van der Waals surface area (Å²) < 4.78 is 11.3. The van der Waals surface area contributed by atoms with Gasteiger partial charge >= 0.3 is 0 Å². The van der Waals surface area contributed by atoms with Gasteiger partial charge in [-0.3, -0.25) is 4.79 Å². The van der Waals surface area contributed by atoms with Crippen molar-refractivity contribution in [3.8, 4) is 0 Å². The Morgan fingerprint density at radius 2 is 2.04 bits per heavy atom. The maximum Gasteiger partial charge on any atom is 0.237 e. The van der Waals surface area contributed by atoms with E-state index >= 15 is 0 Å². The van der Waals surface area contributed by atoms with E-state index in [1.54, 1.807) is 0 Å². The first-order valence-electron chi connectivity index (χ1n) is 10.3. The lowest BCUT2D eigenvalue weighted by Crippen LogP contribution is -2.60. The summed E-state index contributed by atoms with van der Waals surface area (Å²) in [5, 5.41) is 14.3. The molecule has 6 heteroatoms. The van der Waals surface area contributed by atoms with Crippen LogP contribution in [0, 0.1) is 11.3 Å². The Balaban J connectivity index is 1.45. The Morgan fingerprint density at radius 3 is 2.68 bits per heavy atom. The number of nitrogens with two attached hydrogens (primary N) is 1. The maximum atomic E-state index is 12.9. The van der Waals surface area contributed by atoms with E-state index in [1.165, 1.54) is 0 Å². The van der Waals surface area contributed by atoms with Crippen molar-refractivity contribution in [3.05, 3.63) is 36.1 Å². The average molecular weight is 386 g/mol. The second kappa shape index (κ2) is 8.23. The minimum absolute atomic E-state index is 0.0515. The van der Waals surface area contributed by atoms with E-state index in [1.807, 2.05) is 30.3 Å². The number of amides is 1. The molecular weight excluding hydrogens is 356 g/mol. The molecule has 152 valence electrons. The van der Waals surface area contributed by atoms with Crippen molar-refractivity contribution >= 4 is 16.9 Å². The van der Waals surface area contributed by atoms with Crippen LogP contribution in [-0.4, -0.2) is 42.9 Å². The summed E-state index contributed by atoms with van der Waals surface area (Å²) in [5.41, 5.74) is 6.83. The van der Waals surface area contributed by atoms with Gasteiger partial charge in [-0.2, -0.15) is 0 Å². The number of benzene rings is 1. The molecule has 0 radical (unpaired) electrons. The van der Waals surface area contributed by atoms with Crippen LogP contribution >= 0.6 is 0 Å². The number of nitrogens with one attached hydrogen (secondary N) is 1. The maximum absolute atomic E-state index is 12.9. The number of carbonyl (C=O) groups is 1. The van der Waals surface area contributed by atoms with Gasteiger partial charge in [0.2, 0.25) is 5.91 Å². The number of furan rings is 1. The molecule has 2 atom stereocenters. The van der Waals surface area contributed by atoms with E-state index in [9.17, 15) is 9.90 Å². The van der Waals surface area contributed by atoms with Gasteiger partial charge in [-0.05, 0) is 43.7 Å². The molecule has 1 aromatic heterocycles. The van der Waals surface area contributed by atoms with Crippen molar-refractivity contribution in [1.29, 1.82) is 0 Å². The highest BCUT2D eigenvalue weighted by Gasteiger charge is 2.48. The molecule has 2 fully saturated rings. The number of rotatable bonds is 7. The van der Waals surface area contributed by atoms with Gasteiger partial charge in [-0.15, -0.1) is 0 Å². The van der Waals surface area contributed by atoms with Crippen LogP contribution < -0.4 is 11.1 Å². The smallest absolute Gasteiger partial charge is 0.237 e. The molecule has 2 unspecified atom stereocenters. The lowest BCUT2D eigenvalue weighted by atomic mass is 9.60. The third-order valence-corrected chi connectivity index (χ3v) is 6.59. The Bertz CT molecular complexity index is 769. The summed E-state index contributed by atoms with van der Waals surface area (Å²) in [6.07, 6.45) is 5.17. The zero-order valence-electron chi connectivity index (χ0n) is 16.2. The Morgan fingerprint density at radius 1 is 1.29 bits per heavy atom. The SMILES string of the molecule is NC(Cc1cc2ccccc2o1)C(=O)NC(C1CCOCC1)C1(CO)CCC1. The van der Waals surface area contributed by atoms with Gasteiger partial charge < -0.3 is 25.3 Å². The van der Waals surface area contributed by atoms with Crippen molar-refractivity contribution in [2.24, 2.45) is 17.1 Å². The van der Waals surface area contributed by atoms with Crippen LogP contribution in [0.1, 0.15) is 37.9 Å². The number of fused-ring (bicyclic) bond motifs is 1. The first-order chi connectivity index (χ1) is 13.6. The van der Waals surface area contributed by atoms with Crippen LogP contribution in [0.15, 0.2) is 34.7 Å². The van der Waals surface area contributed by atoms with E-state index < -0.39 is 6.04 Å². The van der Waals surface area contributed by atoms with E-state index in [0.717, 1.165) is 43.1 Å². The molecule has 2 aliphatic rings. The molecule has 1 saturated carbocycles. The van der Waals surface area contributed by atoms with Crippen LogP contribution in [0.4, 0.5) is 0 Å². The topological polar surface area (TPSA) is 97.7 Å². The monoisotopic (exact) mass is 386 g/mol. The third-order valence-electron chi connectivity index (χ3n) is 6.59. The Hall–Kier alpha value is -1.89. The first-order valence-corrected chi connectivity index (χ1v) is 10.3. The van der Waals surface area contributed by atoms with Gasteiger partial charge in [0, 0.05) is 36.5 Å². The van der Waals surface area contributed by atoms with Crippen molar-refractivity contribution < 1.29 is 19.1 Å². The van der Waals surface area contributed by atoms with Gasteiger partial charge in [0.15, 0.2) is 0 Å². The second-order valence-corrected chi connectivity index (χ2v) is 8.37. The summed E-state index contributed by atoms with van der Waals surface area (Å²) in [5.74, 6) is 0.868. The summed E-state index contributed by atoms with van der Waals surface area (Å²) in [6.45, 7) is 1.53. The van der Waals surface area contributed by atoms with Gasteiger partial charge in [-0.1, -0.05) is 24.6 Å². The first kappa shape index (κ1) is 19.4. The number of hydrogen-bond acceptors (Lipinski definition) is 5. The molecule has 6 nitrogen and oxygen atoms in total. The zero-order chi connectivity index (χ0) is 19.6. The lowest BCUT2D eigenvalue weighted by molar-refractivity contribution is -0.127. The molecule has 0 spiro atoms. The van der Waals surface area contributed by atoms with Crippen molar-refractivity contribution in [2.75, 3.05) is 19.8 Å². The number of aliphatic hydroxyl groups is 1. The Labute approximate surface area is 165 Å². The van der Waals surface area contributed by atoms with Crippen molar-refractivity contribution in [2.45, 2.75) is 50.6 Å². The lowest BCUT2D eigenvalue weighted by Gasteiger charge is -2.50. The van der Waals surface area contributed by atoms with Crippen LogP contribution in [0.5, 0.6) is 0 Å². The fourth-order valence-corrected chi connectivity index (χ4v) is 4.73. The standard InChI is InChI=1S/C22H30N2O4/c23-18(13-17-12-16-4-1-2-5-19(16)28-17)21(26)24-20(15-6-10-27-11-7-15)22(14-25)8-3-9-22/h1-2,4-5,12,15,18,20,25H,3,6-11,13-14,23H2,(H,24,26). The number of carbonyl (C=O) groups excluding carboxylic acids is 1. The molecule has 2 aromatic rings. The fraction of sp³-hybridized carbons (Fsp3) is 0.591. The van der Waals surface area contributed by atoms with Crippen molar-refractivity contribution in [1.82, 2.24) is 5.32 Å². The molecule has 1 aromatic carbocycles. The molecule has 1 aliphatic carbocycles. The molecule has 2 heterocycles. The average Bonchev–Trinajstić information content (AvgIpc) is 3.09. The third kappa shape index (κ3) is 3.81. The summed E-state index contributed by atoms with van der Waals surface area (Å²) in [4.78, 5) is 12.9. The fourth-order valence-electron chi connectivity index (χ4n) is 4.73. The van der Waals surface area contributed by atoms with Crippen LogP contribution in [0.25, 0.3) is 11.0 Å². The predicted molar refractivity (Wildman–Crippen MR) is 107 cm³/mol. The van der Waals surface area contributed by atoms with E-state index in [0.29, 0.717) is 31.3 Å². The molecule has 1 saturated heterocycles. The highest BCUT2D eigenvalue weighted by molar-refractivity contribution is 5.83. The number of ether oxygens (including phenoxy) is 1. The molecule has 1 aliphatic heterocycles. The molecular formula is C22H30N2O4. The Kier molecular flexibility index (Phi) is 5.71.